The fourth-order valence-electron chi connectivity index (χ4n) is 1.40. The zero-order valence-corrected chi connectivity index (χ0v) is 10.7. The van der Waals surface area contributed by atoms with Crippen LogP contribution in [-0.4, -0.2) is 42.2 Å². The number of ether oxygens (including phenoxy) is 1. The van der Waals surface area contributed by atoms with Crippen molar-refractivity contribution in [3.05, 3.63) is 24.2 Å². The molecule has 1 N–H and O–H groups in total. The highest BCUT2D eigenvalue weighted by Crippen LogP contribution is 2.23. The summed E-state index contributed by atoms with van der Waals surface area (Å²) in [6.45, 7) is 0. The quantitative estimate of drug-likeness (QED) is 0.871. The van der Waals surface area contributed by atoms with E-state index in [4.69, 9.17) is 9.26 Å². The van der Waals surface area contributed by atoms with E-state index >= 15 is 0 Å². The summed E-state index contributed by atoms with van der Waals surface area (Å²) < 4.78 is 9.72. The summed E-state index contributed by atoms with van der Waals surface area (Å²) in [5.41, 5.74) is 0.451. The van der Waals surface area contributed by atoms with Crippen LogP contribution in [0, 0.1) is 0 Å². The summed E-state index contributed by atoms with van der Waals surface area (Å²) in [5, 5.41) is 6.12. The van der Waals surface area contributed by atoms with Gasteiger partial charge in [0.25, 0.3) is 5.91 Å². The zero-order valence-electron chi connectivity index (χ0n) is 10.7. The van der Waals surface area contributed by atoms with Gasteiger partial charge in [-0.2, -0.15) is 4.98 Å². The number of rotatable bonds is 4. The van der Waals surface area contributed by atoms with Crippen molar-refractivity contribution in [1.82, 2.24) is 15.1 Å². The van der Waals surface area contributed by atoms with Crippen LogP contribution in [0.5, 0.6) is 6.01 Å². The van der Waals surface area contributed by atoms with E-state index < -0.39 is 5.91 Å². The first kappa shape index (κ1) is 12.8. The highest BCUT2D eigenvalue weighted by molar-refractivity contribution is 6.03. The molecule has 0 aliphatic rings. The van der Waals surface area contributed by atoms with Crippen molar-refractivity contribution in [2.75, 3.05) is 31.4 Å². The molecule has 2 rings (SSSR count). The Kier molecular flexibility index (Phi) is 3.60. The van der Waals surface area contributed by atoms with Gasteiger partial charge < -0.3 is 19.5 Å². The van der Waals surface area contributed by atoms with Gasteiger partial charge in [0.2, 0.25) is 5.76 Å². The number of hydrogen-bond acceptors (Lipinski definition) is 7. The van der Waals surface area contributed by atoms with Gasteiger partial charge in [0.05, 0.1) is 19.5 Å². The molecule has 2 aromatic rings. The Hall–Kier alpha value is -2.64. The van der Waals surface area contributed by atoms with Crippen LogP contribution in [0.15, 0.2) is 23.0 Å². The maximum Gasteiger partial charge on any atom is 0.318 e. The number of nitrogens with zero attached hydrogens (tertiary/aromatic N) is 4. The Labute approximate surface area is 109 Å². The smallest absolute Gasteiger partial charge is 0.318 e. The highest BCUT2D eigenvalue weighted by atomic mass is 16.5. The van der Waals surface area contributed by atoms with Gasteiger partial charge in [0.15, 0.2) is 5.82 Å². The minimum atomic E-state index is -0.422. The van der Waals surface area contributed by atoms with Crippen molar-refractivity contribution in [3.63, 3.8) is 0 Å². The summed E-state index contributed by atoms with van der Waals surface area (Å²) in [6.07, 6.45) is 2.86. The number of nitrogens with one attached hydrogen (secondary N) is 1. The maximum absolute atomic E-state index is 11.9. The second-order valence-corrected chi connectivity index (χ2v) is 3.82. The maximum atomic E-state index is 11.9. The van der Waals surface area contributed by atoms with Crippen LogP contribution in [0.25, 0.3) is 0 Å². The van der Waals surface area contributed by atoms with E-state index in [0.717, 1.165) is 0 Å². The third-order valence-corrected chi connectivity index (χ3v) is 2.26. The van der Waals surface area contributed by atoms with E-state index in [1.54, 1.807) is 19.0 Å². The zero-order chi connectivity index (χ0) is 13.8. The molecule has 0 atom stereocenters. The molecule has 8 nitrogen and oxygen atoms in total. The molecule has 0 fully saturated rings. The fourth-order valence-corrected chi connectivity index (χ4v) is 1.40. The van der Waals surface area contributed by atoms with Crippen molar-refractivity contribution < 1.29 is 14.1 Å². The second-order valence-electron chi connectivity index (χ2n) is 3.82. The molecule has 1 amide bonds. The Morgan fingerprint density at radius 2 is 2.26 bits per heavy atom. The summed E-state index contributed by atoms with van der Waals surface area (Å²) in [5.74, 6) is 0.217. The Bertz CT molecular complexity index is 568. The van der Waals surface area contributed by atoms with Gasteiger partial charge in [-0.05, 0) is 0 Å². The third kappa shape index (κ3) is 2.79. The fraction of sp³-hybridized carbons (Fsp3) is 0.273. The molecule has 2 heterocycles. The molecule has 0 aliphatic carbocycles. The summed E-state index contributed by atoms with van der Waals surface area (Å²) in [7, 11) is 5.07. The van der Waals surface area contributed by atoms with Gasteiger partial charge in [0, 0.05) is 20.2 Å². The first-order valence-corrected chi connectivity index (χ1v) is 5.42. The summed E-state index contributed by atoms with van der Waals surface area (Å²) >= 11 is 0. The van der Waals surface area contributed by atoms with E-state index in [0.29, 0.717) is 11.5 Å². The largest absolute Gasteiger partial charge is 0.467 e. The van der Waals surface area contributed by atoms with Crippen LogP contribution in [0.3, 0.4) is 0 Å². The van der Waals surface area contributed by atoms with E-state index in [1.165, 1.54) is 25.6 Å². The Balaban J connectivity index is 2.27. The van der Waals surface area contributed by atoms with Crippen LogP contribution in [0.1, 0.15) is 10.6 Å². The molecular weight excluding hydrogens is 250 g/mol. The molecule has 0 radical (unpaired) electrons. The number of aromatic nitrogens is 3. The normalized spacial score (nSPS) is 10.1. The first-order chi connectivity index (χ1) is 9.11. The van der Waals surface area contributed by atoms with Crippen LogP contribution in [0.4, 0.5) is 11.5 Å². The molecular formula is C11H13N5O3. The van der Waals surface area contributed by atoms with E-state index in [1.807, 2.05) is 0 Å². The highest BCUT2D eigenvalue weighted by Gasteiger charge is 2.15. The Morgan fingerprint density at radius 1 is 1.47 bits per heavy atom. The van der Waals surface area contributed by atoms with Crippen molar-refractivity contribution in [3.8, 4) is 6.01 Å². The number of anilines is 2. The molecule has 0 unspecified atom stereocenters. The topological polar surface area (TPSA) is 93.4 Å². The lowest BCUT2D eigenvalue weighted by Crippen LogP contribution is -2.18. The monoisotopic (exact) mass is 263 g/mol. The van der Waals surface area contributed by atoms with Crippen LogP contribution >= 0.6 is 0 Å². The molecule has 19 heavy (non-hydrogen) atoms. The molecule has 0 saturated heterocycles. The average Bonchev–Trinajstić information content (AvgIpc) is 2.92. The van der Waals surface area contributed by atoms with Gasteiger partial charge >= 0.3 is 6.01 Å². The molecule has 0 saturated carbocycles. The van der Waals surface area contributed by atoms with E-state index in [2.05, 4.69) is 20.4 Å². The number of amides is 1. The number of carbonyl (C=O) groups is 1. The molecule has 100 valence electrons. The van der Waals surface area contributed by atoms with Gasteiger partial charge in [-0.15, -0.1) is 0 Å². The number of methoxy groups -OCH3 is 1. The second kappa shape index (κ2) is 5.34. The van der Waals surface area contributed by atoms with Crippen molar-refractivity contribution in [2.24, 2.45) is 0 Å². The van der Waals surface area contributed by atoms with Crippen molar-refractivity contribution >= 4 is 17.4 Å². The van der Waals surface area contributed by atoms with Gasteiger partial charge in [0.1, 0.15) is 5.69 Å². The lowest BCUT2D eigenvalue weighted by Gasteiger charge is -2.16. The Morgan fingerprint density at radius 3 is 2.84 bits per heavy atom. The number of hydrogen-bond donors (Lipinski definition) is 1. The third-order valence-electron chi connectivity index (χ3n) is 2.26. The van der Waals surface area contributed by atoms with Crippen LogP contribution in [-0.2, 0) is 0 Å². The van der Waals surface area contributed by atoms with Crippen molar-refractivity contribution in [1.29, 1.82) is 0 Å². The molecule has 8 heteroatoms. The molecule has 0 bridgehead atoms. The van der Waals surface area contributed by atoms with Crippen molar-refractivity contribution in [2.45, 2.75) is 0 Å². The van der Waals surface area contributed by atoms with E-state index in [9.17, 15) is 4.79 Å². The van der Waals surface area contributed by atoms with Crippen LogP contribution < -0.4 is 15.0 Å². The summed E-state index contributed by atoms with van der Waals surface area (Å²) in [6, 6.07) is 1.69. The average molecular weight is 263 g/mol. The predicted molar refractivity (Wildman–Crippen MR) is 67.4 cm³/mol. The van der Waals surface area contributed by atoms with Gasteiger partial charge in [-0.3, -0.25) is 4.79 Å². The minimum absolute atomic E-state index is 0.112. The molecule has 0 aromatic carbocycles. The van der Waals surface area contributed by atoms with E-state index in [-0.39, 0.29) is 11.8 Å². The number of carbonyl (C=O) groups excluding carboxylic acids is 1. The lowest BCUT2D eigenvalue weighted by molar-refractivity contribution is 0.0988. The molecule has 0 aliphatic heterocycles. The van der Waals surface area contributed by atoms with Gasteiger partial charge in [-0.25, -0.2) is 4.98 Å². The first-order valence-electron chi connectivity index (χ1n) is 5.42. The molecule has 2 aromatic heterocycles. The standard InChI is InChI=1S/C11H13N5O3/c1-16(2)9-7(6-12-11(15-9)18-3)14-10(17)8-4-5-13-19-8/h4-6H,1-3H3,(H,14,17). The predicted octanol–water partition coefficient (Wildman–Crippen LogP) is 0.791. The minimum Gasteiger partial charge on any atom is -0.467 e. The van der Waals surface area contributed by atoms with Crippen LogP contribution in [0.2, 0.25) is 0 Å². The summed E-state index contributed by atoms with van der Waals surface area (Å²) in [4.78, 5) is 21.7. The lowest BCUT2D eigenvalue weighted by atomic mass is 10.4. The molecule has 0 spiro atoms. The SMILES string of the molecule is COc1ncc(NC(=O)c2ccno2)c(N(C)C)n1. The van der Waals surface area contributed by atoms with Gasteiger partial charge in [-0.1, -0.05) is 5.16 Å².